The van der Waals surface area contributed by atoms with Gasteiger partial charge in [0.05, 0.1) is 0 Å². The number of hydrogen-bond acceptors (Lipinski definition) is 7. The molecule has 342 valence electrons. The van der Waals surface area contributed by atoms with Gasteiger partial charge in [0.2, 0.25) is 23.6 Å². The second-order valence-electron chi connectivity index (χ2n) is 16.6. The molecule has 2 aliphatic heterocycles. The SMILES string of the molecule is O=C(O)CCCNC(=O)[C@H]1Cc2ccc(cc2)OCC(=O)N[C@@H](Cc2c[nH]c3ccccc23)C(=O)N[C@H](Cc2ccc(-c3ccccc3)cc2)C(=O)N[C@@H](Cc2c[nH]c3ccccc23)C(=O)N1. The summed E-state index contributed by atoms with van der Waals surface area (Å²) in [6.45, 7) is -0.376. The lowest BCUT2D eigenvalue weighted by Gasteiger charge is -2.27. The number of nitrogens with one attached hydrogen (secondary N) is 7. The smallest absolute Gasteiger partial charge is 0.303 e. The molecule has 15 heteroatoms. The Kier molecular flexibility index (Phi) is 14.4. The van der Waals surface area contributed by atoms with Gasteiger partial charge in [0.25, 0.3) is 5.91 Å². The Morgan fingerprint density at radius 2 is 1.13 bits per heavy atom. The minimum Gasteiger partial charge on any atom is -0.484 e. The van der Waals surface area contributed by atoms with Gasteiger partial charge in [-0.05, 0) is 64.1 Å². The van der Waals surface area contributed by atoms with Crippen molar-refractivity contribution in [2.24, 2.45) is 0 Å². The van der Waals surface area contributed by atoms with Crippen molar-refractivity contribution in [3.63, 3.8) is 0 Å². The molecule has 0 fully saturated rings. The van der Waals surface area contributed by atoms with Gasteiger partial charge in [0, 0.05) is 72.8 Å². The Morgan fingerprint density at radius 3 is 1.75 bits per heavy atom. The molecule has 2 bridgehead atoms. The molecule has 5 aromatic carbocycles. The largest absolute Gasteiger partial charge is 0.484 e. The van der Waals surface area contributed by atoms with E-state index < -0.39 is 66.3 Å². The molecule has 0 spiro atoms. The van der Waals surface area contributed by atoms with E-state index in [4.69, 9.17) is 9.84 Å². The third kappa shape index (κ3) is 11.7. The molecule has 0 aliphatic carbocycles. The highest BCUT2D eigenvalue weighted by atomic mass is 16.5. The van der Waals surface area contributed by atoms with E-state index in [0.29, 0.717) is 16.9 Å². The molecule has 5 amide bonds. The molecule has 8 N–H and O–H groups in total. The number of amides is 5. The Balaban J connectivity index is 1.15. The number of aliphatic carboxylic acids is 1. The Morgan fingerprint density at radius 1 is 0.597 bits per heavy atom. The first-order valence-corrected chi connectivity index (χ1v) is 22.2. The Hall–Kier alpha value is -8.20. The molecule has 4 atom stereocenters. The zero-order valence-corrected chi connectivity index (χ0v) is 36.6. The van der Waals surface area contributed by atoms with Crippen LogP contribution >= 0.6 is 0 Å². The van der Waals surface area contributed by atoms with Crippen LogP contribution in [0.4, 0.5) is 0 Å². The molecule has 0 saturated carbocycles. The van der Waals surface area contributed by atoms with Crippen LogP contribution in [0.1, 0.15) is 35.1 Å². The van der Waals surface area contributed by atoms with Crippen molar-refractivity contribution in [3.8, 4) is 16.9 Å². The molecule has 15 nitrogen and oxygen atoms in total. The van der Waals surface area contributed by atoms with Gasteiger partial charge in [0.1, 0.15) is 29.9 Å². The topological polar surface area (TPSA) is 224 Å². The van der Waals surface area contributed by atoms with Crippen molar-refractivity contribution in [3.05, 3.63) is 162 Å². The summed E-state index contributed by atoms with van der Waals surface area (Å²) in [7, 11) is 0. The number of hydrogen-bond donors (Lipinski definition) is 8. The number of H-pyrrole nitrogens is 2. The second-order valence-corrected chi connectivity index (χ2v) is 16.6. The van der Waals surface area contributed by atoms with Gasteiger partial charge in [0.15, 0.2) is 6.61 Å². The number of ether oxygens (including phenoxy) is 1. The van der Waals surface area contributed by atoms with Crippen LogP contribution in [-0.4, -0.2) is 87.9 Å². The van der Waals surface area contributed by atoms with Crippen molar-refractivity contribution in [2.75, 3.05) is 13.2 Å². The summed E-state index contributed by atoms with van der Waals surface area (Å²) in [4.78, 5) is 89.2. The van der Waals surface area contributed by atoms with Crippen LogP contribution < -0.4 is 31.3 Å². The summed E-state index contributed by atoms with van der Waals surface area (Å²) in [5.74, 6) is -3.77. The van der Waals surface area contributed by atoms with E-state index >= 15 is 0 Å². The fourth-order valence-corrected chi connectivity index (χ4v) is 8.31. The van der Waals surface area contributed by atoms with Gasteiger partial charge < -0.3 is 46.4 Å². The van der Waals surface area contributed by atoms with Crippen LogP contribution in [0, 0.1) is 0 Å². The number of aromatic nitrogens is 2. The van der Waals surface area contributed by atoms with Crippen LogP contribution in [0.2, 0.25) is 0 Å². The summed E-state index contributed by atoms with van der Waals surface area (Å²) in [5.41, 5.74) is 6.46. The summed E-state index contributed by atoms with van der Waals surface area (Å²) < 4.78 is 5.84. The molecule has 7 aromatic rings. The minimum atomic E-state index is -1.26. The molecule has 67 heavy (non-hydrogen) atoms. The van der Waals surface area contributed by atoms with Gasteiger partial charge in [-0.15, -0.1) is 0 Å². The lowest BCUT2D eigenvalue weighted by Crippen LogP contribution is -2.59. The van der Waals surface area contributed by atoms with Crippen molar-refractivity contribution >= 4 is 57.3 Å². The number of rotatable bonds is 12. The molecule has 0 saturated heterocycles. The number of benzene rings is 5. The first-order valence-electron chi connectivity index (χ1n) is 22.2. The van der Waals surface area contributed by atoms with E-state index in [1.54, 1.807) is 36.7 Å². The highest BCUT2D eigenvalue weighted by Gasteiger charge is 2.33. The third-order valence-electron chi connectivity index (χ3n) is 11.8. The van der Waals surface area contributed by atoms with Gasteiger partial charge in [-0.25, -0.2) is 0 Å². The number of aromatic amines is 2. The summed E-state index contributed by atoms with van der Waals surface area (Å²) in [6.07, 6.45) is 3.68. The van der Waals surface area contributed by atoms with E-state index in [9.17, 15) is 28.8 Å². The molecule has 4 heterocycles. The van der Waals surface area contributed by atoms with E-state index in [2.05, 4.69) is 36.6 Å². The van der Waals surface area contributed by atoms with E-state index in [0.717, 1.165) is 44.1 Å². The van der Waals surface area contributed by atoms with Crippen molar-refractivity contribution < 1.29 is 38.6 Å². The predicted octanol–water partition coefficient (Wildman–Crippen LogP) is 4.90. The Labute approximate surface area is 386 Å². The first-order chi connectivity index (χ1) is 32.6. The molecule has 9 rings (SSSR count). The monoisotopic (exact) mass is 901 g/mol. The average Bonchev–Trinajstić information content (AvgIpc) is 3.95. The summed E-state index contributed by atoms with van der Waals surface area (Å²) in [6, 6.07) is 34.4. The van der Waals surface area contributed by atoms with Gasteiger partial charge in [-0.1, -0.05) is 103 Å². The lowest BCUT2D eigenvalue weighted by molar-refractivity contribution is -0.137. The average molecular weight is 902 g/mol. The van der Waals surface area contributed by atoms with Gasteiger partial charge in [-0.2, -0.15) is 0 Å². The van der Waals surface area contributed by atoms with E-state index in [1.807, 2.05) is 103 Å². The number of fused-ring (bicyclic) bond motifs is 18. The predicted molar refractivity (Wildman–Crippen MR) is 253 cm³/mol. The fraction of sp³-hybridized carbons (Fsp3) is 0.231. The van der Waals surface area contributed by atoms with Crippen LogP contribution in [0.15, 0.2) is 140 Å². The molecular weight excluding hydrogens is 851 g/mol. The van der Waals surface area contributed by atoms with Gasteiger partial charge in [-0.3, -0.25) is 28.8 Å². The minimum absolute atomic E-state index is 0.00621. The van der Waals surface area contributed by atoms with Crippen molar-refractivity contribution in [1.29, 1.82) is 0 Å². The molecule has 2 aromatic heterocycles. The third-order valence-corrected chi connectivity index (χ3v) is 11.8. The van der Waals surface area contributed by atoms with Crippen LogP contribution in [0.3, 0.4) is 0 Å². The zero-order valence-electron chi connectivity index (χ0n) is 36.6. The number of carbonyl (C=O) groups is 6. The van der Waals surface area contributed by atoms with Crippen LogP contribution in [0.25, 0.3) is 32.9 Å². The van der Waals surface area contributed by atoms with Crippen molar-refractivity contribution in [1.82, 2.24) is 36.6 Å². The maximum absolute atomic E-state index is 14.9. The van der Waals surface area contributed by atoms with Crippen molar-refractivity contribution in [2.45, 2.75) is 62.7 Å². The van der Waals surface area contributed by atoms with Crippen LogP contribution in [0.5, 0.6) is 5.75 Å². The number of carboxylic acids is 1. The normalized spacial score (nSPS) is 18.4. The van der Waals surface area contributed by atoms with Crippen LogP contribution in [-0.2, 0) is 54.5 Å². The number of para-hydroxylation sites is 2. The Bertz CT molecular complexity index is 2880. The quantitative estimate of drug-likeness (QED) is 0.0621. The maximum Gasteiger partial charge on any atom is 0.303 e. The number of carbonyl (C=O) groups excluding carboxylic acids is 5. The molecule has 2 aliphatic rings. The second kappa shape index (κ2) is 21.2. The van der Waals surface area contributed by atoms with E-state index in [1.165, 1.54) is 0 Å². The van der Waals surface area contributed by atoms with E-state index in [-0.39, 0.29) is 45.1 Å². The summed E-state index contributed by atoms with van der Waals surface area (Å²) >= 11 is 0. The lowest BCUT2D eigenvalue weighted by atomic mass is 9.98. The number of carboxylic acid groups (broad SMARTS) is 1. The van der Waals surface area contributed by atoms with Gasteiger partial charge >= 0.3 is 5.97 Å². The highest BCUT2D eigenvalue weighted by molar-refractivity contribution is 5.97. The first kappa shape index (κ1) is 45.4. The highest BCUT2D eigenvalue weighted by Crippen LogP contribution is 2.23. The summed E-state index contributed by atoms with van der Waals surface area (Å²) in [5, 5.41) is 25.2. The standard InChI is InChI=1S/C52H51N7O8/c60-47-31-67-38-22-18-33(19-23-38)25-43(49(63)53-24-8-15-48(61)62)57-52(66)46(28-37-30-55-42-14-7-5-12-40(37)42)59-50(64)44(26-32-16-20-35(21-17-32)34-9-2-1-3-10-34)58-51(65)45(56-47)27-36-29-54-41-13-6-4-11-39(36)41/h1-7,9-14,16-23,29-30,43-46,54-55H,8,15,24-28,31H2,(H,53,63)(H,56,60)(H,57,66)(H,58,65)(H,59,64)(H,61,62)/t43-,44-,45+,46+/m1/s1. The molecule has 0 radical (unpaired) electrons. The maximum atomic E-state index is 14.9. The fourth-order valence-electron chi connectivity index (χ4n) is 8.31. The zero-order chi connectivity index (χ0) is 46.7. The molecule has 0 unspecified atom stereocenters. The molecular formula is C52H51N7O8.